The summed E-state index contributed by atoms with van der Waals surface area (Å²) in [5.74, 6) is 1.05. The predicted octanol–water partition coefficient (Wildman–Crippen LogP) is 0.852. The molecule has 2 fully saturated rings. The number of likely N-dealkylation sites (tertiary alicyclic amines) is 1. The van der Waals surface area contributed by atoms with Gasteiger partial charge in [0.05, 0.1) is 6.54 Å². The Hall–Kier alpha value is -1.40. The number of rotatable bonds is 4. The van der Waals surface area contributed by atoms with Crippen LogP contribution in [0.15, 0.2) is 12.4 Å². The molecule has 0 bridgehead atoms. The second-order valence-electron chi connectivity index (χ2n) is 5.84. The SMILES string of the molecule is CCc1nccn1CC(=O)N1C[C@H](OC)[C@]2(CCCO2)C1. The molecule has 0 N–H and O–H groups in total. The van der Waals surface area contributed by atoms with Gasteiger partial charge in [0.15, 0.2) is 0 Å². The average molecular weight is 293 g/mol. The molecule has 1 aromatic rings. The molecule has 2 aliphatic heterocycles. The van der Waals surface area contributed by atoms with Gasteiger partial charge in [-0.05, 0) is 12.8 Å². The van der Waals surface area contributed by atoms with E-state index in [1.165, 1.54) is 0 Å². The number of hydrogen-bond acceptors (Lipinski definition) is 4. The highest BCUT2D eigenvalue weighted by Gasteiger charge is 2.51. The number of methoxy groups -OCH3 is 1. The molecule has 0 aromatic carbocycles. The largest absolute Gasteiger partial charge is 0.377 e. The van der Waals surface area contributed by atoms with Crippen LogP contribution in [0.3, 0.4) is 0 Å². The zero-order valence-corrected chi connectivity index (χ0v) is 12.7. The Morgan fingerprint density at radius 2 is 2.48 bits per heavy atom. The van der Waals surface area contributed by atoms with Crippen LogP contribution in [0.25, 0.3) is 0 Å². The fourth-order valence-electron chi connectivity index (χ4n) is 3.48. The quantitative estimate of drug-likeness (QED) is 0.826. The van der Waals surface area contributed by atoms with Crippen LogP contribution in [-0.4, -0.2) is 58.9 Å². The molecule has 0 aliphatic carbocycles. The summed E-state index contributed by atoms with van der Waals surface area (Å²) >= 11 is 0. The third-order valence-electron chi connectivity index (χ3n) is 4.63. The predicted molar refractivity (Wildman–Crippen MR) is 76.9 cm³/mol. The zero-order valence-electron chi connectivity index (χ0n) is 12.7. The molecule has 21 heavy (non-hydrogen) atoms. The average Bonchev–Trinajstić information content (AvgIpc) is 3.20. The second-order valence-corrected chi connectivity index (χ2v) is 5.84. The Bertz CT molecular complexity index is 508. The van der Waals surface area contributed by atoms with E-state index < -0.39 is 0 Å². The maximum Gasteiger partial charge on any atom is 0.242 e. The van der Waals surface area contributed by atoms with E-state index in [1.807, 2.05) is 22.6 Å². The first kappa shape index (κ1) is 14.5. The first-order valence-electron chi connectivity index (χ1n) is 7.63. The van der Waals surface area contributed by atoms with Crippen LogP contribution in [-0.2, 0) is 27.2 Å². The minimum Gasteiger partial charge on any atom is -0.377 e. The minimum absolute atomic E-state index is 0.0163. The Morgan fingerprint density at radius 3 is 3.14 bits per heavy atom. The van der Waals surface area contributed by atoms with Gasteiger partial charge in [0.1, 0.15) is 24.1 Å². The Balaban J connectivity index is 1.69. The van der Waals surface area contributed by atoms with E-state index in [0.29, 0.717) is 19.6 Å². The van der Waals surface area contributed by atoms with Crippen LogP contribution in [0.4, 0.5) is 0 Å². The molecule has 0 radical (unpaired) electrons. The second kappa shape index (κ2) is 5.77. The molecular formula is C15H23N3O3. The summed E-state index contributed by atoms with van der Waals surface area (Å²) in [6.07, 6.45) is 6.44. The third kappa shape index (κ3) is 2.58. The van der Waals surface area contributed by atoms with Crippen molar-refractivity contribution >= 4 is 5.91 Å². The maximum atomic E-state index is 12.5. The van der Waals surface area contributed by atoms with Crippen LogP contribution in [0.1, 0.15) is 25.6 Å². The molecule has 0 saturated carbocycles. The fourth-order valence-corrected chi connectivity index (χ4v) is 3.48. The van der Waals surface area contributed by atoms with Gasteiger partial charge < -0.3 is 18.9 Å². The maximum absolute atomic E-state index is 12.5. The van der Waals surface area contributed by atoms with Crippen LogP contribution < -0.4 is 0 Å². The summed E-state index contributed by atoms with van der Waals surface area (Å²) in [4.78, 5) is 18.7. The number of carbonyl (C=O) groups is 1. The summed E-state index contributed by atoms with van der Waals surface area (Å²) in [5.41, 5.74) is -0.285. The molecule has 1 aromatic heterocycles. The molecule has 116 valence electrons. The number of imidazole rings is 1. The zero-order chi connectivity index (χ0) is 14.9. The van der Waals surface area contributed by atoms with Crippen molar-refractivity contribution in [3.63, 3.8) is 0 Å². The number of aromatic nitrogens is 2. The minimum atomic E-state index is -0.285. The lowest BCUT2D eigenvalue weighted by Gasteiger charge is -2.27. The molecule has 2 atom stereocenters. The number of hydrogen-bond donors (Lipinski definition) is 0. The van der Waals surface area contributed by atoms with E-state index in [-0.39, 0.29) is 17.6 Å². The molecule has 2 aliphatic rings. The topological polar surface area (TPSA) is 56.6 Å². The number of aryl methyl sites for hydroxylation is 1. The molecule has 1 spiro atoms. The smallest absolute Gasteiger partial charge is 0.242 e. The van der Waals surface area contributed by atoms with Crippen molar-refractivity contribution in [2.75, 3.05) is 26.8 Å². The molecule has 1 amide bonds. The van der Waals surface area contributed by atoms with Gasteiger partial charge in [-0.2, -0.15) is 0 Å². The van der Waals surface area contributed by atoms with Crippen molar-refractivity contribution in [3.05, 3.63) is 18.2 Å². The molecule has 2 saturated heterocycles. The molecular weight excluding hydrogens is 270 g/mol. The first-order valence-corrected chi connectivity index (χ1v) is 7.63. The van der Waals surface area contributed by atoms with Gasteiger partial charge in [0.2, 0.25) is 5.91 Å². The summed E-state index contributed by atoms with van der Waals surface area (Å²) < 4.78 is 13.4. The van der Waals surface area contributed by atoms with Crippen molar-refractivity contribution in [2.24, 2.45) is 0 Å². The van der Waals surface area contributed by atoms with Crippen LogP contribution in [0.2, 0.25) is 0 Å². The van der Waals surface area contributed by atoms with Crippen molar-refractivity contribution < 1.29 is 14.3 Å². The van der Waals surface area contributed by atoms with Crippen molar-refractivity contribution in [2.45, 2.75) is 44.4 Å². The summed E-state index contributed by atoms with van der Waals surface area (Å²) in [6.45, 7) is 4.41. The van der Waals surface area contributed by atoms with Crippen LogP contribution >= 0.6 is 0 Å². The van der Waals surface area contributed by atoms with E-state index in [1.54, 1.807) is 13.3 Å². The molecule has 6 heteroatoms. The van der Waals surface area contributed by atoms with Crippen molar-refractivity contribution in [1.29, 1.82) is 0 Å². The third-order valence-corrected chi connectivity index (χ3v) is 4.63. The van der Waals surface area contributed by atoms with Crippen LogP contribution in [0, 0.1) is 0 Å². The van der Waals surface area contributed by atoms with Crippen LogP contribution in [0.5, 0.6) is 0 Å². The van der Waals surface area contributed by atoms with Gasteiger partial charge >= 0.3 is 0 Å². The van der Waals surface area contributed by atoms with Gasteiger partial charge in [0, 0.05) is 39.1 Å². The van der Waals surface area contributed by atoms with E-state index >= 15 is 0 Å². The molecule has 3 heterocycles. The van der Waals surface area contributed by atoms with E-state index in [4.69, 9.17) is 9.47 Å². The monoisotopic (exact) mass is 293 g/mol. The van der Waals surface area contributed by atoms with E-state index in [2.05, 4.69) is 4.98 Å². The number of carbonyl (C=O) groups excluding carboxylic acids is 1. The van der Waals surface area contributed by atoms with Gasteiger partial charge in [-0.25, -0.2) is 4.98 Å². The normalized spacial score (nSPS) is 28.7. The standard InChI is InChI=1S/C15H23N3O3/c1-3-13-16-6-7-17(13)10-14(19)18-9-12(20-2)15(11-18)5-4-8-21-15/h6-7,12H,3-5,8-11H2,1-2H3/t12-,15-/m0/s1. The summed E-state index contributed by atoms with van der Waals surface area (Å²) in [7, 11) is 1.70. The fraction of sp³-hybridized carbons (Fsp3) is 0.733. The first-order chi connectivity index (χ1) is 10.2. The van der Waals surface area contributed by atoms with Crippen molar-refractivity contribution in [3.8, 4) is 0 Å². The number of amides is 1. The van der Waals surface area contributed by atoms with Gasteiger partial charge in [-0.3, -0.25) is 4.79 Å². The number of ether oxygens (including phenoxy) is 2. The Morgan fingerprint density at radius 1 is 1.62 bits per heavy atom. The molecule has 6 nitrogen and oxygen atoms in total. The highest BCUT2D eigenvalue weighted by molar-refractivity contribution is 5.76. The number of nitrogens with zero attached hydrogens (tertiary/aromatic N) is 3. The lowest BCUT2D eigenvalue weighted by atomic mass is 9.97. The van der Waals surface area contributed by atoms with Gasteiger partial charge in [0.25, 0.3) is 0 Å². The molecule has 0 unspecified atom stereocenters. The van der Waals surface area contributed by atoms with Gasteiger partial charge in [-0.15, -0.1) is 0 Å². The highest BCUT2D eigenvalue weighted by atomic mass is 16.6. The summed E-state index contributed by atoms with van der Waals surface area (Å²) in [6, 6.07) is 0. The lowest BCUT2D eigenvalue weighted by Crippen LogP contribution is -2.42. The lowest BCUT2D eigenvalue weighted by molar-refractivity contribution is -0.131. The Labute approximate surface area is 125 Å². The highest BCUT2D eigenvalue weighted by Crippen LogP contribution is 2.36. The molecule has 3 rings (SSSR count). The van der Waals surface area contributed by atoms with E-state index in [9.17, 15) is 4.79 Å². The van der Waals surface area contributed by atoms with Crippen molar-refractivity contribution in [1.82, 2.24) is 14.5 Å². The van der Waals surface area contributed by atoms with Gasteiger partial charge in [-0.1, -0.05) is 6.92 Å². The Kier molecular flexibility index (Phi) is 3.99. The van der Waals surface area contributed by atoms with E-state index in [0.717, 1.165) is 31.7 Å². The summed E-state index contributed by atoms with van der Waals surface area (Å²) in [5, 5.41) is 0.